The highest BCUT2D eigenvalue weighted by Gasteiger charge is 2.03. The van der Waals surface area contributed by atoms with E-state index in [0.717, 1.165) is 28.3 Å². The van der Waals surface area contributed by atoms with Gasteiger partial charge in [0.2, 0.25) is 5.91 Å². The third-order valence-corrected chi connectivity index (χ3v) is 4.46. The summed E-state index contributed by atoms with van der Waals surface area (Å²) in [5.74, 6) is 1.16. The van der Waals surface area contributed by atoms with Crippen LogP contribution in [0, 0.1) is 11.3 Å². The molecule has 2 aromatic rings. The fraction of sp³-hybridized carbons (Fsp3) is 0.222. The Hall–Kier alpha value is -1.96. The van der Waals surface area contributed by atoms with Gasteiger partial charge in [0.1, 0.15) is 0 Å². The van der Waals surface area contributed by atoms with E-state index in [2.05, 4.69) is 11.4 Å². The van der Waals surface area contributed by atoms with Crippen molar-refractivity contribution in [2.24, 2.45) is 0 Å². The monoisotopic (exact) mass is 344 g/mol. The second-order valence-corrected chi connectivity index (χ2v) is 6.45. The number of rotatable bonds is 7. The van der Waals surface area contributed by atoms with Gasteiger partial charge in [0.25, 0.3) is 0 Å². The molecule has 1 amide bonds. The van der Waals surface area contributed by atoms with Crippen LogP contribution in [0.4, 0.5) is 0 Å². The van der Waals surface area contributed by atoms with E-state index in [0.29, 0.717) is 17.9 Å². The number of thioether (sulfide) groups is 1. The number of hydrogen-bond acceptors (Lipinski definition) is 3. The Morgan fingerprint density at radius 2 is 1.96 bits per heavy atom. The average molecular weight is 345 g/mol. The van der Waals surface area contributed by atoms with Gasteiger partial charge in [-0.2, -0.15) is 5.26 Å². The van der Waals surface area contributed by atoms with Crippen LogP contribution in [0.1, 0.15) is 16.7 Å². The third kappa shape index (κ3) is 6.35. The number of nitrogens with one attached hydrogen (secondary N) is 1. The predicted molar refractivity (Wildman–Crippen MR) is 95.5 cm³/mol. The number of benzene rings is 2. The van der Waals surface area contributed by atoms with Gasteiger partial charge in [-0.25, -0.2) is 0 Å². The smallest absolute Gasteiger partial charge is 0.230 e. The molecule has 1 N–H and O–H groups in total. The van der Waals surface area contributed by atoms with Crippen molar-refractivity contribution in [3.63, 3.8) is 0 Å². The van der Waals surface area contributed by atoms with Gasteiger partial charge in [-0.05, 0) is 41.8 Å². The highest BCUT2D eigenvalue weighted by molar-refractivity contribution is 7.99. The van der Waals surface area contributed by atoms with Crippen LogP contribution in [-0.4, -0.2) is 18.2 Å². The first-order valence-corrected chi connectivity index (χ1v) is 8.78. The summed E-state index contributed by atoms with van der Waals surface area (Å²) in [6, 6.07) is 17.2. The zero-order chi connectivity index (χ0) is 16.5. The van der Waals surface area contributed by atoms with E-state index in [4.69, 9.17) is 16.9 Å². The first-order valence-electron chi connectivity index (χ1n) is 7.25. The molecule has 0 radical (unpaired) electrons. The van der Waals surface area contributed by atoms with Crippen LogP contribution in [0.2, 0.25) is 5.02 Å². The van der Waals surface area contributed by atoms with Gasteiger partial charge >= 0.3 is 0 Å². The molecule has 0 aliphatic heterocycles. The van der Waals surface area contributed by atoms with Crippen molar-refractivity contribution in [2.75, 3.05) is 12.3 Å². The molecule has 3 nitrogen and oxygen atoms in total. The lowest BCUT2D eigenvalue weighted by atomic mass is 10.1. The predicted octanol–water partition coefficient (Wildman–Crippen LogP) is 3.80. The van der Waals surface area contributed by atoms with Gasteiger partial charge < -0.3 is 5.32 Å². The van der Waals surface area contributed by atoms with Gasteiger partial charge in [-0.1, -0.05) is 35.9 Å². The van der Waals surface area contributed by atoms with Gasteiger partial charge in [0.05, 0.1) is 17.4 Å². The van der Waals surface area contributed by atoms with Crippen LogP contribution >= 0.6 is 23.4 Å². The summed E-state index contributed by atoms with van der Waals surface area (Å²) in [6.45, 7) is 0.616. The highest BCUT2D eigenvalue weighted by atomic mass is 35.5. The maximum absolute atomic E-state index is 11.8. The van der Waals surface area contributed by atoms with Gasteiger partial charge in [0.15, 0.2) is 0 Å². The summed E-state index contributed by atoms with van der Waals surface area (Å²) in [6.07, 6.45) is 0.789. The van der Waals surface area contributed by atoms with Crippen molar-refractivity contribution in [3.8, 4) is 6.07 Å². The second-order valence-electron chi connectivity index (χ2n) is 5.03. The Morgan fingerprint density at radius 1 is 1.17 bits per heavy atom. The maximum atomic E-state index is 11.8. The zero-order valence-electron chi connectivity index (χ0n) is 12.6. The van der Waals surface area contributed by atoms with E-state index < -0.39 is 0 Å². The van der Waals surface area contributed by atoms with E-state index in [9.17, 15) is 4.79 Å². The summed E-state index contributed by atoms with van der Waals surface area (Å²) in [7, 11) is 0. The maximum Gasteiger partial charge on any atom is 0.230 e. The minimum atomic E-state index is 0.0281. The van der Waals surface area contributed by atoms with Crippen LogP contribution in [0.25, 0.3) is 0 Å². The topological polar surface area (TPSA) is 52.9 Å². The van der Waals surface area contributed by atoms with E-state index in [1.165, 1.54) is 0 Å². The Bertz CT molecular complexity index is 695. The van der Waals surface area contributed by atoms with Gasteiger partial charge in [-0.15, -0.1) is 11.8 Å². The van der Waals surface area contributed by atoms with Crippen molar-refractivity contribution < 1.29 is 4.79 Å². The molecular formula is C18H17ClN2OS. The van der Waals surface area contributed by atoms with Crippen LogP contribution in [0.5, 0.6) is 0 Å². The molecule has 0 atom stereocenters. The number of amides is 1. The van der Waals surface area contributed by atoms with E-state index in [1.54, 1.807) is 17.8 Å². The first kappa shape index (κ1) is 17.4. The van der Waals surface area contributed by atoms with Crippen molar-refractivity contribution in [2.45, 2.75) is 12.2 Å². The van der Waals surface area contributed by atoms with Gasteiger partial charge in [0, 0.05) is 17.3 Å². The standard InChI is InChI=1S/C18H17ClN2OS/c19-17-6-4-14(5-7-17)8-9-21-18(22)13-23-12-16-3-1-2-15(10-16)11-20/h1-7,10H,8-9,12-13H2,(H,21,22). The third-order valence-electron chi connectivity index (χ3n) is 3.21. The van der Waals surface area contributed by atoms with E-state index >= 15 is 0 Å². The molecule has 0 unspecified atom stereocenters. The number of hydrogen-bond donors (Lipinski definition) is 1. The Balaban J connectivity index is 1.65. The normalized spacial score (nSPS) is 10.1. The van der Waals surface area contributed by atoms with E-state index in [1.807, 2.05) is 42.5 Å². The average Bonchev–Trinajstić information content (AvgIpc) is 2.57. The summed E-state index contributed by atoms with van der Waals surface area (Å²) in [4.78, 5) is 11.8. The van der Waals surface area contributed by atoms with E-state index in [-0.39, 0.29) is 5.91 Å². The molecule has 118 valence electrons. The molecule has 0 bridgehead atoms. The number of halogens is 1. The van der Waals surface area contributed by atoms with Crippen molar-refractivity contribution in [1.29, 1.82) is 5.26 Å². The summed E-state index contributed by atoms with van der Waals surface area (Å²) < 4.78 is 0. The van der Waals surface area contributed by atoms with Crippen molar-refractivity contribution in [1.82, 2.24) is 5.32 Å². The lowest BCUT2D eigenvalue weighted by Gasteiger charge is -2.06. The Morgan fingerprint density at radius 3 is 2.70 bits per heavy atom. The summed E-state index contributed by atoms with van der Waals surface area (Å²) >= 11 is 7.38. The molecule has 2 rings (SSSR count). The SMILES string of the molecule is N#Cc1cccc(CSCC(=O)NCCc2ccc(Cl)cc2)c1. The summed E-state index contributed by atoms with van der Waals surface area (Å²) in [5.41, 5.74) is 2.86. The first-order chi connectivity index (χ1) is 11.2. The second kappa shape index (κ2) is 9.24. The molecule has 0 heterocycles. The molecule has 5 heteroatoms. The fourth-order valence-electron chi connectivity index (χ4n) is 2.04. The molecule has 2 aromatic carbocycles. The Labute approximate surface area is 145 Å². The molecule has 0 aromatic heterocycles. The molecule has 0 aliphatic carbocycles. The number of carbonyl (C=O) groups excluding carboxylic acids is 1. The van der Waals surface area contributed by atoms with Crippen molar-refractivity contribution in [3.05, 3.63) is 70.2 Å². The lowest BCUT2D eigenvalue weighted by molar-refractivity contribution is -0.118. The molecule has 23 heavy (non-hydrogen) atoms. The quantitative estimate of drug-likeness (QED) is 0.831. The van der Waals surface area contributed by atoms with Crippen LogP contribution in [0.3, 0.4) is 0 Å². The zero-order valence-corrected chi connectivity index (χ0v) is 14.2. The number of nitriles is 1. The highest BCUT2D eigenvalue weighted by Crippen LogP contribution is 2.13. The lowest BCUT2D eigenvalue weighted by Crippen LogP contribution is -2.27. The van der Waals surface area contributed by atoms with Crippen LogP contribution in [0.15, 0.2) is 48.5 Å². The molecule has 0 spiro atoms. The number of carbonyl (C=O) groups is 1. The molecule has 0 fully saturated rings. The molecule has 0 aliphatic rings. The minimum Gasteiger partial charge on any atom is -0.355 e. The molecule has 0 saturated carbocycles. The van der Waals surface area contributed by atoms with Crippen LogP contribution < -0.4 is 5.32 Å². The number of nitrogens with zero attached hydrogens (tertiary/aromatic N) is 1. The van der Waals surface area contributed by atoms with Gasteiger partial charge in [-0.3, -0.25) is 4.79 Å². The van der Waals surface area contributed by atoms with Crippen molar-refractivity contribution >= 4 is 29.3 Å². The largest absolute Gasteiger partial charge is 0.355 e. The summed E-state index contributed by atoms with van der Waals surface area (Å²) in [5, 5.41) is 12.5. The Kier molecular flexibility index (Phi) is 6.99. The van der Waals surface area contributed by atoms with Crippen LogP contribution in [-0.2, 0) is 17.0 Å². The fourth-order valence-corrected chi connectivity index (χ4v) is 2.97. The minimum absolute atomic E-state index is 0.0281. The molecule has 0 saturated heterocycles. The molecular weight excluding hydrogens is 328 g/mol.